The largest absolute Gasteiger partial charge is 0.462 e. The van der Waals surface area contributed by atoms with Crippen LogP contribution < -0.4 is 9.64 Å². The number of aryl methyl sites for hydroxylation is 1. The van der Waals surface area contributed by atoms with Crippen LogP contribution in [0.5, 0.6) is 6.01 Å². The lowest BCUT2D eigenvalue weighted by atomic mass is 9.87. The van der Waals surface area contributed by atoms with Gasteiger partial charge in [0.25, 0.3) is 5.91 Å². The third-order valence-corrected chi connectivity index (χ3v) is 8.92. The van der Waals surface area contributed by atoms with Crippen LogP contribution >= 0.6 is 0 Å². The van der Waals surface area contributed by atoms with Gasteiger partial charge < -0.3 is 19.4 Å². The number of ether oxygens (including phenoxy) is 1. The molecule has 0 unspecified atom stereocenters. The number of aromatic nitrogens is 3. The Labute approximate surface area is 254 Å². The molecule has 0 N–H and O–H groups in total. The van der Waals surface area contributed by atoms with Crippen molar-refractivity contribution in [1.29, 1.82) is 0 Å². The van der Waals surface area contributed by atoms with Crippen molar-refractivity contribution in [2.45, 2.75) is 50.4 Å². The smallest absolute Gasteiger partial charge is 0.319 e. The molecule has 230 valence electrons. The minimum Gasteiger partial charge on any atom is -0.462 e. The lowest BCUT2D eigenvalue weighted by Gasteiger charge is -2.39. The van der Waals surface area contributed by atoms with Crippen molar-refractivity contribution >= 4 is 22.6 Å². The average molecular weight is 606 g/mol. The number of carbonyl (C=O) groups is 1. The Morgan fingerprint density at radius 3 is 2.70 bits per heavy atom. The lowest BCUT2D eigenvalue weighted by Crippen LogP contribution is -2.56. The highest BCUT2D eigenvalue weighted by molar-refractivity contribution is 5.94. The van der Waals surface area contributed by atoms with Crippen molar-refractivity contribution in [2.75, 3.05) is 51.3 Å². The number of rotatable bonds is 7. The second-order valence-corrected chi connectivity index (χ2v) is 11.8. The molecule has 3 aliphatic rings. The highest BCUT2D eigenvalue weighted by Crippen LogP contribution is 2.37. The first-order chi connectivity index (χ1) is 21.2. The zero-order valence-electron chi connectivity index (χ0n) is 24.6. The van der Waals surface area contributed by atoms with Crippen LogP contribution in [0.4, 0.5) is 19.0 Å². The topological polar surface area (TPSA) is 79.1 Å². The molecule has 1 amide bonds. The van der Waals surface area contributed by atoms with E-state index in [1.54, 1.807) is 12.3 Å². The number of carbonyl (C=O) groups excluding carboxylic acids is 1. The number of anilines is 1. The van der Waals surface area contributed by atoms with Crippen LogP contribution in [0.3, 0.4) is 0 Å². The van der Waals surface area contributed by atoms with Crippen LogP contribution in [0.25, 0.3) is 26.9 Å². The van der Waals surface area contributed by atoms with Gasteiger partial charge >= 0.3 is 6.01 Å². The molecule has 2 fully saturated rings. The van der Waals surface area contributed by atoms with Gasteiger partial charge in [0.05, 0.1) is 5.52 Å². The number of likely N-dealkylation sites (tertiary alicyclic amines) is 1. The molecule has 6 rings (SSSR count). The predicted octanol–water partition coefficient (Wildman–Crippen LogP) is 4.55. The molecule has 2 aromatic heterocycles. The minimum atomic E-state index is -1.09. The van der Waals surface area contributed by atoms with Crippen molar-refractivity contribution < 1.29 is 22.7 Å². The standard InChI is InChI=1S/C32H34F3N7O2/c1-19(33)31(43)42-9-8-41(17-23(42)14-36-2)30-26-11-28(35)25(27-15-37-13-20-6-4-5-7-24(20)27)12-29(26)38-32(39-30)44-18-22-10-21(34)16-40(22)3/h11-13,15,21-23H,1,4-10,14,16-18H2,3H3/t21-,22+,23+/m1/s1. The zero-order valence-corrected chi connectivity index (χ0v) is 24.6. The fourth-order valence-corrected chi connectivity index (χ4v) is 6.62. The molecule has 0 bridgehead atoms. The molecule has 4 heterocycles. The van der Waals surface area contributed by atoms with Gasteiger partial charge in [-0.15, -0.1) is 0 Å². The molecule has 0 spiro atoms. The summed E-state index contributed by atoms with van der Waals surface area (Å²) in [6.07, 6.45) is 6.80. The van der Waals surface area contributed by atoms with Gasteiger partial charge in [-0.3, -0.25) is 14.7 Å². The summed E-state index contributed by atoms with van der Waals surface area (Å²) < 4.78 is 49.8. The molecule has 3 atom stereocenters. The molecule has 1 aliphatic carbocycles. The quantitative estimate of drug-likeness (QED) is 0.289. The maximum absolute atomic E-state index is 16.0. The SMILES string of the molecule is [C-]#[N+]C[C@H]1CN(c2nc(OC[C@@H]3C[C@@H](F)CN3C)nc3cc(-c4cncc5c4CCCC5)c(F)cc23)CCN1C(=O)C(=C)F. The number of benzene rings is 1. The van der Waals surface area contributed by atoms with E-state index in [2.05, 4.69) is 26.4 Å². The van der Waals surface area contributed by atoms with Crippen LogP contribution in [0.15, 0.2) is 36.9 Å². The average Bonchev–Trinajstić information content (AvgIpc) is 3.35. The molecule has 1 aromatic carbocycles. The Kier molecular flexibility index (Phi) is 8.40. The second kappa shape index (κ2) is 12.4. The molecular weight excluding hydrogens is 571 g/mol. The van der Waals surface area contributed by atoms with Gasteiger partial charge in [-0.2, -0.15) is 9.97 Å². The molecule has 9 nitrogen and oxygen atoms in total. The molecule has 12 heteroatoms. The number of amides is 1. The van der Waals surface area contributed by atoms with Gasteiger partial charge in [-0.1, -0.05) is 6.58 Å². The van der Waals surface area contributed by atoms with Crippen LogP contribution in [-0.2, 0) is 17.6 Å². The third-order valence-electron chi connectivity index (χ3n) is 8.92. The highest BCUT2D eigenvalue weighted by atomic mass is 19.1. The maximum atomic E-state index is 16.0. The van der Waals surface area contributed by atoms with E-state index in [4.69, 9.17) is 11.3 Å². The summed E-state index contributed by atoms with van der Waals surface area (Å²) in [7, 11) is 1.84. The summed E-state index contributed by atoms with van der Waals surface area (Å²) in [5, 5.41) is 0.439. The predicted molar refractivity (Wildman–Crippen MR) is 160 cm³/mol. The van der Waals surface area contributed by atoms with E-state index in [0.717, 1.165) is 42.4 Å². The lowest BCUT2D eigenvalue weighted by molar-refractivity contribution is -0.131. The van der Waals surface area contributed by atoms with E-state index in [1.165, 1.54) is 11.0 Å². The van der Waals surface area contributed by atoms with Gasteiger partial charge in [0.15, 0.2) is 5.83 Å². The molecular formula is C32H34F3N7O2. The van der Waals surface area contributed by atoms with Crippen LogP contribution in [0.1, 0.15) is 30.4 Å². The monoisotopic (exact) mass is 605 g/mol. The van der Waals surface area contributed by atoms with E-state index in [0.29, 0.717) is 35.2 Å². The molecule has 0 radical (unpaired) electrons. The second-order valence-electron chi connectivity index (χ2n) is 11.8. The van der Waals surface area contributed by atoms with Crippen molar-refractivity contribution in [3.05, 3.63) is 65.3 Å². The first-order valence-electron chi connectivity index (χ1n) is 14.9. The van der Waals surface area contributed by atoms with Crippen molar-refractivity contribution in [1.82, 2.24) is 24.8 Å². The Hall–Kier alpha value is -4.24. The highest BCUT2D eigenvalue weighted by Gasteiger charge is 2.35. The van der Waals surface area contributed by atoms with Gasteiger partial charge in [0.2, 0.25) is 6.54 Å². The van der Waals surface area contributed by atoms with Crippen LogP contribution in [0, 0.1) is 12.4 Å². The Morgan fingerprint density at radius 2 is 1.95 bits per heavy atom. The fraction of sp³-hybridized carbons (Fsp3) is 0.469. The summed E-state index contributed by atoms with van der Waals surface area (Å²) in [4.78, 5) is 34.7. The number of hydrogen-bond donors (Lipinski definition) is 0. The normalized spacial score (nSPS) is 22.1. The number of halogens is 3. The summed E-state index contributed by atoms with van der Waals surface area (Å²) in [6.45, 7) is 11.5. The molecule has 44 heavy (non-hydrogen) atoms. The number of hydrogen-bond acceptors (Lipinski definition) is 7. The van der Waals surface area contributed by atoms with Crippen LogP contribution in [0.2, 0.25) is 0 Å². The third kappa shape index (κ3) is 5.80. The minimum absolute atomic E-state index is 0.0507. The van der Waals surface area contributed by atoms with E-state index in [1.807, 2.05) is 23.0 Å². The number of pyridine rings is 1. The van der Waals surface area contributed by atoms with E-state index in [9.17, 15) is 13.6 Å². The van der Waals surface area contributed by atoms with Gasteiger partial charge in [0.1, 0.15) is 30.5 Å². The molecule has 2 saturated heterocycles. The van der Waals surface area contributed by atoms with E-state index in [-0.39, 0.29) is 44.8 Å². The number of nitrogens with zero attached hydrogens (tertiary/aromatic N) is 7. The number of likely N-dealkylation sites (N-methyl/N-ethyl adjacent to an activating group) is 1. The maximum Gasteiger partial charge on any atom is 0.319 e. The van der Waals surface area contributed by atoms with E-state index < -0.39 is 29.8 Å². The summed E-state index contributed by atoms with van der Waals surface area (Å²) in [6, 6.07) is 2.39. The van der Waals surface area contributed by atoms with Gasteiger partial charge in [-0.25, -0.2) is 19.7 Å². The fourth-order valence-electron chi connectivity index (χ4n) is 6.62. The number of piperazine rings is 1. The van der Waals surface area contributed by atoms with Gasteiger partial charge in [0, 0.05) is 61.1 Å². The molecule has 2 aliphatic heterocycles. The van der Waals surface area contributed by atoms with E-state index >= 15 is 4.39 Å². The molecule has 3 aromatic rings. The van der Waals surface area contributed by atoms with Crippen molar-refractivity contribution in [3.63, 3.8) is 0 Å². The van der Waals surface area contributed by atoms with Crippen molar-refractivity contribution in [3.8, 4) is 17.1 Å². The Balaban J connectivity index is 1.41. The number of alkyl halides is 1. The first-order valence-corrected chi connectivity index (χ1v) is 14.9. The summed E-state index contributed by atoms with van der Waals surface area (Å²) in [5.74, 6) is -2.00. The van der Waals surface area contributed by atoms with Crippen LogP contribution in [-0.4, -0.2) is 95.3 Å². The number of fused-ring (bicyclic) bond motifs is 2. The van der Waals surface area contributed by atoms with Crippen molar-refractivity contribution in [2.24, 2.45) is 0 Å². The summed E-state index contributed by atoms with van der Waals surface area (Å²) in [5.41, 5.74) is 3.80. The Morgan fingerprint density at radius 1 is 1.14 bits per heavy atom. The zero-order chi connectivity index (χ0) is 31.0. The molecule has 0 saturated carbocycles. The summed E-state index contributed by atoms with van der Waals surface area (Å²) >= 11 is 0. The first kappa shape index (κ1) is 29.8. The van der Waals surface area contributed by atoms with Gasteiger partial charge in [-0.05, 0) is 62.4 Å². The Bertz CT molecular complexity index is 1640.